The van der Waals surface area contributed by atoms with Crippen molar-refractivity contribution in [1.29, 1.82) is 0 Å². The zero-order valence-electron chi connectivity index (χ0n) is 24.1. The van der Waals surface area contributed by atoms with Gasteiger partial charge in [-0.25, -0.2) is 0 Å². The van der Waals surface area contributed by atoms with Gasteiger partial charge in [-0.15, -0.1) is 0 Å². The number of hydrogen-bond acceptors (Lipinski definition) is 4. The highest BCUT2D eigenvalue weighted by atomic mass is 16.3. The van der Waals surface area contributed by atoms with Crippen molar-refractivity contribution in [3.05, 3.63) is 11.1 Å². The average Bonchev–Trinajstić information content (AvgIpc) is 3.17. The highest BCUT2D eigenvalue weighted by molar-refractivity contribution is 5.32. The van der Waals surface area contributed by atoms with Gasteiger partial charge in [-0.05, 0) is 97.7 Å². The molecule has 36 heavy (non-hydrogen) atoms. The Bertz CT molecular complexity index is 758. The molecule has 0 heterocycles. The van der Waals surface area contributed by atoms with Gasteiger partial charge >= 0.3 is 0 Å². The first-order chi connectivity index (χ1) is 17.1. The van der Waals surface area contributed by atoms with Crippen LogP contribution in [-0.4, -0.2) is 59.2 Å². The third kappa shape index (κ3) is 5.49. The van der Waals surface area contributed by atoms with Gasteiger partial charge < -0.3 is 15.3 Å². The predicted molar refractivity (Wildman–Crippen MR) is 149 cm³/mol. The number of hydrogen-bond donors (Lipinski definition) is 3. The Hall–Kier alpha value is -0.420. The molecule has 3 N–H and O–H groups in total. The molecule has 3 fully saturated rings. The van der Waals surface area contributed by atoms with Gasteiger partial charge in [0.2, 0.25) is 0 Å². The third-order valence-electron chi connectivity index (χ3n) is 11.7. The van der Waals surface area contributed by atoms with Crippen LogP contribution >= 0.6 is 0 Å². The summed E-state index contributed by atoms with van der Waals surface area (Å²) < 4.78 is 0. The first kappa shape index (κ1) is 28.6. The summed E-state index contributed by atoms with van der Waals surface area (Å²) in [5.74, 6) is 4.83. The van der Waals surface area contributed by atoms with Gasteiger partial charge in [-0.3, -0.25) is 4.90 Å². The molecule has 0 amide bonds. The van der Waals surface area contributed by atoms with Crippen LogP contribution in [0.1, 0.15) is 105 Å². The minimum absolute atomic E-state index is 0.131. The van der Waals surface area contributed by atoms with E-state index in [-0.39, 0.29) is 24.7 Å². The standard InChI is InChI=1S/C32H57NO3/c1-22(2)7-6-8-23(3)27-9-10-28-26-19-24(21-33(15-17-34)16-18-35)30-20-25(36)11-13-32(30,5)29(26)12-14-31(27,28)4/h22-23,25-29,34-36H,6-21H2,1-5H3/t23-,25+,26+,27-,28+,29+,31-,32-/m1/s1. The van der Waals surface area contributed by atoms with E-state index in [0.717, 1.165) is 61.3 Å². The van der Waals surface area contributed by atoms with Crippen molar-refractivity contribution in [2.45, 2.75) is 111 Å². The van der Waals surface area contributed by atoms with Gasteiger partial charge in [0, 0.05) is 19.6 Å². The van der Waals surface area contributed by atoms with Gasteiger partial charge in [0.05, 0.1) is 19.3 Å². The van der Waals surface area contributed by atoms with Crippen molar-refractivity contribution in [3.63, 3.8) is 0 Å². The molecule has 4 nitrogen and oxygen atoms in total. The molecule has 4 aliphatic carbocycles. The molecule has 4 aliphatic rings. The molecule has 0 spiro atoms. The topological polar surface area (TPSA) is 63.9 Å². The Morgan fingerprint density at radius 1 is 0.889 bits per heavy atom. The second-order valence-electron chi connectivity index (χ2n) is 14.2. The van der Waals surface area contributed by atoms with E-state index in [1.165, 1.54) is 56.9 Å². The monoisotopic (exact) mass is 503 g/mol. The summed E-state index contributed by atoms with van der Waals surface area (Å²) in [6.07, 6.45) is 13.5. The van der Waals surface area contributed by atoms with Crippen LogP contribution in [0.2, 0.25) is 0 Å². The molecular formula is C32H57NO3. The molecule has 0 unspecified atom stereocenters. The maximum atomic E-state index is 10.7. The molecule has 208 valence electrons. The Morgan fingerprint density at radius 2 is 1.61 bits per heavy atom. The average molecular weight is 504 g/mol. The molecule has 0 saturated heterocycles. The lowest BCUT2D eigenvalue weighted by atomic mass is 9.46. The highest BCUT2D eigenvalue weighted by Gasteiger charge is 2.60. The van der Waals surface area contributed by atoms with Crippen LogP contribution in [0.25, 0.3) is 0 Å². The van der Waals surface area contributed by atoms with Crippen molar-refractivity contribution in [1.82, 2.24) is 4.90 Å². The SMILES string of the molecule is CC(C)CCC[C@@H](C)[C@H]1CC[C@H]2[C@@H]3CC(CN(CCO)CCO)=C4C[C@@H](O)CC[C@]4(C)[C@H]3CC[C@]12C. The summed E-state index contributed by atoms with van der Waals surface area (Å²) in [6, 6.07) is 0. The predicted octanol–water partition coefficient (Wildman–Crippen LogP) is 6.05. The van der Waals surface area contributed by atoms with Crippen LogP contribution in [0, 0.1) is 46.3 Å². The molecule has 0 aromatic heterocycles. The smallest absolute Gasteiger partial charge is 0.0578 e. The van der Waals surface area contributed by atoms with Crippen molar-refractivity contribution < 1.29 is 15.3 Å². The van der Waals surface area contributed by atoms with Crippen molar-refractivity contribution >= 4 is 0 Å². The number of aliphatic hydroxyl groups excluding tert-OH is 3. The minimum Gasteiger partial charge on any atom is -0.395 e. The lowest BCUT2D eigenvalue weighted by molar-refractivity contribution is -0.0607. The summed E-state index contributed by atoms with van der Waals surface area (Å²) in [7, 11) is 0. The molecule has 0 radical (unpaired) electrons. The van der Waals surface area contributed by atoms with Crippen LogP contribution in [0.5, 0.6) is 0 Å². The maximum absolute atomic E-state index is 10.7. The molecule has 0 bridgehead atoms. The Morgan fingerprint density at radius 3 is 2.28 bits per heavy atom. The van der Waals surface area contributed by atoms with E-state index in [0.29, 0.717) is 18.5 Å². The summed E-state index contributed by atoms with van der Waals surface area (Å²) in [5, 5.41) is 30.0. The largest absolute Gasteiger partial charge is 0.395 e. The van der Waals surface area contributed by atoms with E-state index in [2.05, 4.69) is 39.5 Å². The summed E-state index contributed by atoms with van der Waals surface area (Å²) in [6.45, 7) is 14.8. The maximum Gasteiger partial charge on any atom is 0.0578 e. The van der Waals surface area contributed by atoms with Crippen molar-refractivity contribution in [3.8, 4) is 0 Å². The van der Waals surface area contributed by atoms with E-state index in [1.54, 1.807) is 5.57 Å². The molecule has 8 atom stereocenters. The normalized spacial score (nSPS) is 39.3. The first-order valence-corrected chi connectivity index (χ1v) is 15.5. The molecular weight excluding hydrogens is 446 g/mol. The summed E-state index contributed by atoms with van der Waals surface area (Å²) >= 11 is 0. The van der Waals surface area contributed by atoms with Crippen molar-refractivity contribution in [2.75, 3.05) is 32.8 Å². The number of aliphatic hydroxyl groups is 3. The van der Waals surface area contributed by atoms with E-state index < -0.39 is 0 Å². The lowest BCUT2D eigenvalue weighted by Gasteiger charge is -2.59. The molecule has 0 aromatic rings. The zero-order chi connectivity index (χ0) is 26.1. The van der Waals surface area contributed by atoms with E-state index >= 15 is 0 Å². The fourth-order valence-electron chi connectivity index (χ4n) is 9.92. The van der Waals surface area contributed by atoms with Gasteiger partial charge in [0.25, 0.3) is 0 Å². The summed E-state index contributed by atoms with van der Waals surface area (Å²) in [5.41, 5.74) is 3.77. The zero-order valence-corrected chi connectivity index (χ0v) is 24.1. The Balaban J connectivity index is 1.59. The van der Waals surface area contributed by atoms with Crippen LogP contribution in [0.4, 0.5) is 0 Å². The molecule has 0 aliphatic heterocycles. The van der Waals surface area contributed by atoms with Crippen LogP contribution in [-0.2, 0) is 0 Å². The fourth-order valence-corrected chi connectivity index (χ4v) is 9.92. The number of fused-ring (bicyclic) bond motifs is 5. The van der Waals surface area contributed by atoms with Crippen LogP contribution in [0.15, 0.2) is 11.1 Å². The van der Waals surface area contributed by atoms with E-state index in [4.69, 9.17) is 0 Å². The van der Waals surface area contributed by atoms with Gasteiger partial charge in [-0.1, -0.05) is 65.0 Å². The second-order valence-corrected chi connectivity index (χ2v) is 14.2. The summed E-state index contributed by atoms with van der Waals surface area (Å²) in [4.78, 5) is 2.24. The molecule has 4 rings (SSSR count). The van der Waals surface area contributed by atoms with Crippen LogP contribution in [0.3, 0.4) is 0 Å². The Labute approximate surface area is 221 Å². The molecule has 4 heteroatoms. The molecule has 0 aromatic carbocycles. The van der Waals surface area contributed by atoms with E-state index in [1.807, 2.05) is 0 Å². The third-order valence-corrected chi connectivity index (χ3v) is 11.7. The van der Waals surface area contributed by atoms with Gasteiger partial charge in [0.1, 0.15) is 0 Å². The van der Waals surface area contributed by atoms with E-state index in [9.17, 15) is 15.3 Å². The quantitative estimate of drug-likeness (QED) is 0.301. The lowest BCUT2D eigenvalue weighted by Crippen LogP contribution is -2.52. The van der Waals surface area contributed by atoms with Crippen molar-refractivity contribution in [2.24, 2.45) is 46.3 Å². The number of rotatable bonds is 11. The highest BCUT2D eigenvalue weighted by Crippen LogP contribution is 2.68. The fraction of sp³-hybridized carbons (Fsp3) is 0.938. The van der Waals surface area contributed by atoms with Crippen LogP contribution < -0.4 is 0 Å². The minimum atomic E-state index is -0.208. The van der Waals surface area contributed by atoms with Gasteiger partial charge in [-0.2, -0.15) is 0 Å². The number of nitrogens with zero attached hydrogens (tertiary/aromatic N) is 1. The molecule has 3 saturated carbocycles. The second kappa shape index (κ2) is 11.8. The first-order valence-electron chi connectivity index (χ1n) is 15.5. The van der Waals surface area contributed by atoms with Gasteiger partial charge in [0.15, 0.2) is 0 Å². The Kier molecular flexibility index (Phi) is 9.34.